The number of esters is 1. The van der Waals surface area contributed by atoms with Crippen molar-refractivity contribution in [1.29, 1.82) is 0 Å². The third-order valence-corrected chi connectivity index (χ3v) is 6.04. The molecule has 3 aromatic carbocycles. The Hall–Kier alpha value is -3.93. The number of rotatable bonds is 7. The van der Waals surface area contributed by atoms with Gasteiger partial charge < -0.3 is 14.4 Å². The molecule has 0 N–H and O–H groups in total. The van der Waals surface area contributed by atoms with E-state index in [1.165, 1.54) is 5.56 Å². The fourth-order valence-electron chi connectivity index (χ4n) is 3.88. The molecule has 0 saturated carbocycles. The first-order valence-corrected chi connectivity index (χ1v) is 11.3. The van der Waals surface area contributed by atoms with Crippen molar-refractivity contribution >= 4 is 23.3 Å². The minimum absolute atomic E-state index is 0.0476. The van der Waals surface area contributed by atoms with Gasteiger partial charge in [0.15, 0.2) is 6.10 Å². The van der Waals surface area contributed by atoms with E-state index in [0.717, 1.165) is 11.3 Å². The number of anilines is 1. The monoisotopic (exact) mass is 457 g/mol. The number of benzene rings is 3. The highest BCUT2D eigenvalue weighted by Gasteiger charge is 2.37. The quantitative estimate of drug-likeness (QED) is 0.357. The molecule has 6 nitrogen and oxygen atoms in total. The molecule has 2 atom stereocenters. The van der Waals surface area contributed by atoms with E-state index < -0.39 is 18.0 Å². The first kappa shape index (κ1) is 23.2. The molecule has 174 valence electrons. The van der Waals surface area contributed by atoms with Gasteiger partial charge in [0.05, 0.1) is 5.92 Å². The molecule has 0 bridgehead atoms. The van der Waals surface area contributed by atoms with Crippen LogP contribution in [0.15, 0.2) is 72.8 Å². The van der Waals surface area contributed by atoms with E-state index in [-0.39, 0.29) is 24.7 Å². The second-order valence-corrected chi connectivity index (χ2v) is 8.56. The molecule has 0 aliphatic carbocycles. The Bertz CT molecular complexity index is 1200. The van der Waals surface area contributed by atoms with E-state index in [1.54, 1.807) is 60.4 Å². The Morgan fingerprint density at radius 2 is 1.59 bits per heavy atom. The van der Waals surface area contributed by atoms with Crippen LogP contribution in [0.2, 0.25) is 0 Å². The number of aryl methyl sites for hydroxylation is 2. The minimum Gasteiger partial charge on any atom is -0.457 e. The fourth-order valence-corrected chi connectivity index (χ4v) is 3.88. The largest absolute Gasteiger partial charge is 0.457 e. The van der Waals surface area contributed by atoms with Crippen LogP contribution in [0.5, 0.6) is 11.5 Å². The number of hydrogen-bond acceptors (Lipinski definition) is 5. The second kappa shape index (κ2) is 9.91. The summed E-state index contributed by atoms with van der Waals surface area (Å²) in [5.41, 5.74) is 3.51. The third-order valence-electron chi connectivity index (χ3n) is 6.04. The molecule has 3 aromatic rings. The number of Topliss-reactive ketones (excluding diaryl/α,β-unsaturated/α-hetero) is 1. The number of carbonyl (C=O) groups excluding carboxylic acids is 3. The molecule has 1 heterocycles. The fraction of sp³-hybridized carbons (Fsp3) is 0.250. The number of ether oxygens (including phenoxy) is 2. The smallest absolute Gasteiger partial charge is 0.312 e. The van der Waals surface area contributed by atoms with Crippen LogP contribution in [0.1, 0.15) is 34.8 Å². The molecule has 34 heavy (non-hydrogen) atoms. The summed E-state index contributed by atoms with van der Waals surface area (Å²) in [5.74, 6) is -0.188. The molecule has 6 heteroatoms. The summed E-state index contributed by atoms with van der Waals surface area (Å²) in [5, 5.41) is 0. The Morgan fingerprint density at radius 1 is 0.912 bits per heavy atom. The average Bonchev–Trinajstić information content (AvgIpc) is 3.23. The number of amides is 1. The maximum absolute atomic E-state index is 12.6. The number of nitrogens with zero attached hydrogens (tertiary/aromatic N) is 1. The molecule has 0 aromatic heterocycles. The van der Waals surface area contributed by atoms with Gasteiger partial charge in [-0.3, -0.25) is 14.4 Å². The van der Waals surface area contributed by atoms with Crippen LogP contribution in [0.3, 0.4) is 0 Å². The van der Waals surface area contributed by atoms with Gasteiger partial charge in [0.1, 0.15) is 11.5 Å². The molecule has 1 aliphatic rings. The molecule has 0 unspecified atom stereocenters. The minimum atomic E-state index is -0.916. The van der Waals surface area contributed by atoms with Crippen molar-refractivity contribution < 1.29 is 23.9 Å². The lowest BCUT2D eigenvalue weighted by Gasteiger charge is -2.18. The van der Waals surface area contributed by atoms with Crippen molar-refractivity contribution in [3.63, 3.8) is 0 Å². The Labute approximate surface area is 199 Å². The standard InChI is InChI=1S/C28H27NO5/c1-18-9-12-25(15-19(18)2)34-24-13-10-23(11-14-24)29-17-22(16-26(29)30)28(32)33-20(3)27(31)21-7-5-4-6-8-21/h4-15,20,22H,16-17H2,1-3H3/t20-,22-/m1/s1. The summed E-state index contributed by atoms with van der Waals surface area (Å²) < 4.78 is 11.3. The zero-order valence-corrected chi connectivity index (χ0v) is 19.5. The van der Waals surface area contributed by atoms with Gasteiger partial charge >= 0.3 is 5.97 Å². The van der Waals surface area contributed by atoms with E-state index in [4.69, 9.17) is 9.47 Å². The van der Waals surface area contributed by atoms with Crippen LogP contribution in [-0.4, -0.2) is 30.3 Å². The predicted molar refractivity (Wildman–Crippen MR) is 129 cm³/mol. The van der Waals surface area contributed by atoms with Crippen molar-refractivity contribution in [2.24, 2.45) is 5.92 Å². The highest BCUT2D eigenvalue weighted by Crippen LogP contribution is 2.30. The summed E-state index contributed by atoms with van der Waals surface area (Å²) in [6.07, 6.45) is -0.868. The van der Waals surface area contributed by atoms with Crippen molar-refractivity contribution in [3.05, 3.63) is 89.5 Å². The predicted octanol–water partition coefficient (Wildman–Crippen LogP) is 5.26. The molecule has 4 rings (SSSR count). The molecular weight excluding hydrogens is 430 g/mol. The molecule has 0 radical (unpaired) electrons. The van der Waals surface area contributed by atoms with E-state index >= 15 is 0 Å². The molecule has 1 amide bonds. The zero-order valence-electron chi connectivity index (χ0n) is 19.5. The molecule has 0 spiro atoms. The normalized spacial score (nSPS) is 16.3. The molecule has 1 aliphatic heterocycles. The number of carbonyl (C=O) groups is 3. The van der Waals surface area contributed by atoms with Gasteiger partial charge in [-0.1, -0.05) is 36.4 Å². The molecular formula is C28H27NO5. The summed E-state index contributed by atoms with van der Waals surface area (Å²) in [6, 6.07) is 21.8. The van der Waals surface area contributed by atoms with Gasteiger partial charge in [0.25, 0.3) is 0 Å². The van der Waals surface area contributed by atoms with Crippen LogP contribution >= 0.6 is 0 Å². The van der Waals surface area contributed by atoms with Crippen LogP contribution in [0.25, 0.3) is 0 Å². The maximum Gasteiger partial charge on any atom is 0.312 e. The molecule has 1 fully saturated rings. The lowest BCUT2D eigenvalue weighted by molar-refractivity contribution is -0.151. The number of ketones is 1. The number of hydrogen-bond donors (Lipinski definition) is 0. The van der Waals surface area contributed by atoms with Gasteiger partial charge in [-0.05, 0) is 68.3 Å². The third kappa shape index (κ3) is 5.17. The van der Waals surface area contributed by atoms with Gasteiger partial charge in [0, 0.05) is 24.2 Å². The van der Waals surface area contributed by atoms with E-state index in [9.17, 15) is 14.4 Å². The van der Waals surface area contributed by atoms with Crippen LogP contribution in [-0.2, 0) is 14.3 Å². The first-order chi connectivity index (χ1) is 16.3. The van der Waals surface area contributed by atoms with Gasteiger partial charge in [-0.15, -0.1) is 0 Å². The average molecular weight is 458 g/mol. The van der Waals surface area contributed by atoms with E-state index in [0.29, 0.717) is 17.0 Å². The van der Waals surface area contributed by atoms with Crippen LogP contribution in [0, 0.1) is 19.8 Å². The SMILES string of the molecule is Cc1ccc(Oc2ccc(N3C[C@H](C(=O)O[C@H](C)C(=O)c4ccccc4)CC3=O)cc2)cc1C. The van der Waals surface area contributed by atoms with Crippen molar-refractivity contribution in [2.75, 3.05) is 11.4 Å². The first-order valence-electron chi connectivity index (χ1n) is 11.3. The summed E-state index contributed by atoms with van der Waals surface area (Å²) in [6.45, 7) is 5.84. The summed E-state index contributed by atoms with van der Waals surface area (Å²) >= 11 is 0. The zero-order chi connectivity index (χ0) is 24.2. The highest BCUT2D eigenvalue weighted by molar-refractivity contribution is 6.02. The Kier molecular flexibility index (Phi) is 6.77. The van der Waals surface area contributed by atoms with Crippen molar-refractivity contribution in [1.82, 2.24) is 0 Å². The van der Waals surface area contributed by atoms with E-state index in [1.807, 2.05) is 38.1 Å². The summed E-state index contributed by atoms with van der Waals surface area (Å²) in [7, 11) is 0. The van der Waals surface area contributed by atoms with E-state index in [2.05, 4.69) is 0 Å². The van der Waals surface area contributed by atoms with Crippen LogP contribution in [0.4, 0.5) is 5.69 Å². The lowest BCUT2D eigenvalue weighted by Crippen LogP contribution is -2.30. The highest BCUT2D eigenvalue weighted by atomic mass is 16.5. The van der Waals surface area contributed by atoms with Gasteiger partial charge in [0.2, 0.25) is 11.7 Å². The van der Waals surface area contributed by atoms with Crippen molar-refractivity contribution in [3.8, 4) is 11.5 Å². The Balaban J connectivity index is 1.36. The second-order valence-electron chi connectivity index (χ2n) is 8.56. The Morgan fingerprint density at radius 3 is 2.26 bits per heavy atom. The topological polar surface area (TPSA) is 72.9 Å². The summed E-state index contributed by atoms with van der Waals surface area (Å²) in [4.78, 5) is 39.3. The van der Waals surface area contributed by atoms with Crippen molar-refractivity contribution in [2.45, 2.75) is 33.3 Å². The molecule has 1 saturated heterocycles. The van der Waals surface area contributed by atoms with Gasteiger partial charge in [-0.25, -0.2) is 0 Å². The lowest BCUT2D eigenvalue weighted by atomic mass is 10.1. The maximum atomic E-state index is 12.6. The van der Waals surface area contributed by atoms with Gasteiger partial charge in [-0.2, -0.15) is 0 Å². The van der Waals surface area contributed by atoms with Crippen LogP contribution < -0.4 is 9.64 Å².